The van der Waals surface area contributed by atoms with E-state index in [0.717, 1.165) is 18.4 Å². The van der Waals surface area contributed by atoms with Gasteiger partial charge in [-0.2, -0.15) is 0 Å². The number of benzene rings is 2. The fourth-order valence-corrected chi connectivity index (χ4v) is 4.37. The van der Waals surface area contributed by atoms with Gasteiger partial charge in [-0.1, -0.05) is 47.5 Å². The van der Waals surface area contributed by atoms with E-state index in [9.17, 15) is 8.42 Å². The molecule has 22 heavy (non-hydrogen) atoms. The third-order valence-electron chi connectivity index (χ3n) is 3.73. The quantitative estimate of drug-likeness (QED) is 0.862. The maximum atomic E-state index is 12.6. The molecule has 0 heterocycles. The summed E-state index contributed by atoms with van der Waals surface area (Å²) in [5.74, 6) is 0.318. The van der Waals surface area contributed by atoms with E-state index in [2.05, 4.69) is 4.72 Å². The number of hydrogen-bond donors (Lipinski definition) is 1. The van der Waals surface area contributed by atoms with Crippen LogP contribution in [0.1, 0.15) is 24.4 Å². The van der Waals surface area contributed by atoms with Crippen molar-refractivity contribution in [2.24, 2.45) is 5.92 Å². The Kier molecular flexibility index (Phi) is 4.46. The molecule has 2 aromatic carbocycles. The van der Waals surface area contributed by atoms with Crippen molar-refractivity contribution in [3.8, 4) is 0 Å². The van der Waals surface area contributed by atoms with Gasteiger partial charge in [0.15, 0.2) is 0 Å². The minimum Gasteiger partial charge on any atom is -0.207 e. The predicted molar refractivity (Wildman–Crippen MR) is 88.7 cm³/mol. The van der Waals surface area contributed by atoms with Crippen LogP contribution in [-0.2, 0) is 10.0 Å². The number of sulfonamides is 1. The van der Waals surface area contributed by atoms with Crippen LogP contribution >= 0.6 is 23.2 Å². The summed E-state index contributed by atoms with van der Waals surface area (Å²) in [4.78, 5) is 0.108. The van der Waals surface area contributed by atoms with E-state index in [1.54, 1.807) is 30.3 Å². The van der Waals surface area contributed by atoms with E-state index < -0.39 is 10.0 Å². The van der Waals surface area contributed by atoms with Crippen LogP contribution in [0.4, 0.5) is 0 Å². The van der Waals surface area contributed by atoms with Crippen molar-refractivity contribution in [1.29, 1.82) is 0 Å². The van der Waals surface area contributed by atoms with Crippen molar-refractivity contribution >= 4 is 33.2 Å². The Morgan fingerprint density at radius 1 is 1.00 bits per heavy atom. The highest BCUT2D eigenvalue weighted by Crippen LogP contribution is 2.42. The van der Waals surface area contributed by atoms with Crippen LogP contribution in [0.2, 0.25) is 10.0 Å². The highest BCUT2D eigenvalue weighted by atomic mass is 35.5. The zero-order valence-electron chi connectivity index (χ0n) is 11.7. The monoisotopic (exact) mass is 355 g/mol. The molecule has 3 rings (SSSR count). The third-order valence-corrected chi connectivity index (χ3v) is 5.92. The SMILES string of the molecule is O=S(=O)(N[C@H](c1ccc(Cl)cc1)C1CC1)c1ccccc1Cl. The van der Waals surface area contributed by atoms with Gasteiger partial charge in [-0.05, 0) is 48.6 Å². The molecule has 1 saturated carbocycles. The molecule has 1 aliphatic carbocycles. The summed E-state index contributed by atoms with van der Waals surface area (Å²) >= 11 is 11.9. The van der Waals surface area contributed by atoms with Crippen LogP contribution in [-0.4, -0.2) is 8.42 Å². The Hall–Kier alpha value is -1.07. The highest BCUT2D eigenvalue weighted by molar-refractivity contribution is 7.89. The fourth-order valence-electron chi connectivity index (χ4n) is 2.43. The first-order chi connectivity index (χ1) is 10.5. The highest BCUT2D eigenvalue weighted by Gasteiger charge is 2.35. The zero-order chi connectivity index (χ0) is 15.7. The molecular formula is C16H15Cl2NO2S. The lowest BCUT2D eigenvalue weighted by Crippen LogP contribution is -2.30. The molecule has 0 aromatic heterocycles. The van der Waals surface area contributed by atoms with Gasteiger partial charge in [0.2, 0.25) is 10.0 Å². The summed E-state index contributed by atoms with van der Waals surface area (Å²) in [5.41, 5.74) is 0.919. The number of nitrogens with one attached hydrogen (secondary N) is 1. The van der Waals surface area contributed by atoms with Crippen LogP contribution in [0.15, 0.2) is 53.4 Å². The van der Waals surface area contributed by atoms with E-state index in [-0.39, 0.29) is 16.0 Å². The van der Waals surface area contributed by atoms with Crippen molar-refractivity contribution in [2.75, 3.05) is 0 Å². The van der Waals surface area contributed by atoms with Gasteiger partial charge in [0.25, 0.3) is 0 Å². The van der Waals surface area contributed by atoms with E-state index in [1.165, 1.54) is 6.07 Å². The topological polar surface area (TPSA) is 46.2 Å². The van der Waals surface area contributed by atoms with E-state index in [0.29, 0.717) is 10.9 Å². The lowest BCUT2D eigenvalue weighted by Gasteiger charge is -2.19. The first-order valence-corrected chi connectivity index (χ1v) is 9.23. The summed E-state index contributed by atoms with van der Waals surface area (Å²) in [7, 11) is -3.67. The third kappa shape index (κ3) is 3.46. The normalized spacial score (nSPS) is 16.5. The smallest absolute Gasteiger partial charge is 0.207 e. The molecule has 1 aliphatic rings. The summed E-state index contributed by atoms with van der Waals surface area (Å²) < 4.78 is 28.0. The Morgan fingerprint density at radius 2 is 1.64 bits per heavy atom. The molecular weight excluding hydrogens is 341 g/mol. The minimum absolute atomic E-state index is 0.108. The average Bonchev–Trinajstić information content (AvgIpc) is 3.31. The Balaban J connectivity index is 1.91. The van der Waals surface area contributed by atoms with Gasteiger partial charge in [-0.25, -0.2) is 13.1 Å². The van der Waals surface area contributed by atoms with Gasteiger partial charge in [0, 0.05) is 11.1 Å². The van der Waals surface area contributed by atoms with Gasteiger partial charge < -0.3 is 0 Å². The van der Waals surface area contributed by atoms with E-state index in [1.807, 2.05) is 12.1 Å². The molecule has 1 N–H and O–H groups in total. The number of rotatable bonds is 5. The first-order valence-electron chi connectivity index (χ1n) is 7.00. The molecule has 0 aliphatic heterocycles. The molecule has 0 amide bonds. The van der Waals surface area contributed by atoms with Crippen molar-refractivity contribution in [3.63, 3.8) is 0 Å². The molecule has 0 saturated heterocycles. The molecule has 1 fully saturated rings. The van der Waals surface area contributed by atoms with Crippen molar-refractivity contribution in [2.45, 2.75) is 23.8 Å². The second kappa shape index (κ2) is 6.20. The lowest BCUT2D eigenvalue weighted by atomic mass is 10.0. The Labute approximate surface area is 140 Å². The molecule has 116 valence electrons. The van der Waals surface area contributed by atoms with E-state index >= 15 is 0 Å². The largest absolute Gasteiger partial charge is 0.242 e. The van der Waals surface area contributed by atoms with Crippen LogP contribution in [0.25, 0.3) is 0 Å². The second-order valence-electron chi connectivity index (χ2n) is 5.42. The Morgan fingerprint density at radius 3 is 2.23 bits per heavy atom. The Bertz CT molecular complexity index is 771. The van der Waals surface area contributed by atoms with Crippen molar-refractivity contribution in [3.05, 3.63) is 64.1 Å². The molecule has 0 spiro atoms. The van der Waals surface area contributed by atoms with Crippen LogP contribution in [0, 0.1) is 5.92 Å². The average molecular weight is 356 g/mol. The van der Waals surface area contributed by atoms with E-state index in [4.69, 9.17) is 23.2 Å². The molecule has 6 heteroatoms. The summed E-state index contributed by atoms with van der Waals surface area (Å²) in [5, 5.41) is 0.855. The lowest BCUT2D eigenvalue weighted by molar-refractivity contribution is 0.529. The van der Waals surface area contributed by atoms with Crippen molar-refractivity contribution < 1.29 is 8.42 Å². The fraction of sp³-hybridized carbons (Fsp3) is 0.250. The van der Waals surface area contributed by atoms with Crippen LogP contribution in [0.5, 0.6) is 0 Å². The molecule has 1 atom stereocenters. The number of hydrogen-bond acceptors (Lipinski definition) is 2. The van der Waals surface area contributed by atoms with Gasteiger partial charge in [0.05, 0.1) is 5.02 Å². The molecule has 0 radical (unpaired) electrons. The number of halogens is 2. The minimum atomic E-state index is -3.67. The summed E-state index contributed by atoms with van der Waals surface area (Å²) in [6.45, 7) is 0. The predicted octanol–water partition coefficient (Wildman–Crippen LogP) is 4.42. The molecule has 0 unspecified atom stereocenters. The maximum Gasteiger partial charge on any atom is 0.242 e. The molecule has 3 nitrogen and oxygen atoms in total. The van der Waals surface area contributed by atoms with Crippen LogP contribution in [0.3, 0.4) is 0 Å². The molecule has 2 aromatic rings. The van der Waals surface area contributed by atoms with Gasteiger partial charge in [0.1, 0.15) is 4.90 Å². The van der Waals surface area contributed by atoms with Gasteiger partial charge in [-0.3, -0.25) is 0 Å². The summed E-state index contributed by atoms with van der Waals surface area (Å²) in [6.07, 6.45) is 2.02. The second-order valence-corrected chi connectivity index (χ2v) is 7.94. The van der Waals surface area contributed by atoms with Crippen molar-refractivity contribution in [1.82, 2.24) is 4.72 Å². The molecule has 0 bridgehead atoms. The maximum absolute atomic E-state index is 12.6. The zero-order valence-corrected chi connectivity index (χ0v) is 14.0. The van der Waals surface area contributed by atoms with Crippen LogP contribution < -0.4 is 4.72 Å². The summed E-state index contributed by atoms with van der Waals surface area (Å²) in [6, 6.07) is 13.5. The first kappa shape index (κ1) is 15.8. The standard InChI is InChI=1S/C16H15Cl2NO2S/c17-13-9-7-12(8-10-13)16(11-5-6-11)19-22(20,21)15-4-2-1-3-14(15)18/h1-4,7-11,16,19H,5-6H2/t16-/m0/s1. The van der Waals surface area contributed by atoms with Gasteiger partial charge in [-0.15, -0.1) is 0 Å². The van der Waals surface area contributed by atoms with Gasteiger partial charge >= 0.3 is 0 Å².